The van der Waals surface area contributed by atoms with Crippen molar-refractivity contribution in [1.29, 1.82) is 0 Å². The molecule has 0 aliphatic heterocycles. The first-order valence-electron chi connectivity index (χ1n) is 5.79. The molecule has 0 fully saturated rings. The van der Waals surface area contributed by atoms with Gasteiger partial charge in [0.15, 0.2) is 0 Å². The van der Waals surface area contributed by atoms with Crippen LogP contribution in [0, 0.1) is 5.92 Å². The summed E-state index contributed by atoms with van der Waals surface area (Å²) in [6.07, 6.45) is 1.79. The molecule has 0 bridgehead atoms. The van der Waals surface area contributed by atoms with Crippen molar-refractivity contribution < 1.29 is 4.79 Å². The lowest BCUT2D eigenvalue weighted by Gasteiger charge is -2.12. The Kier molecular flexibility index (Phi) is 4.83. The maximum atomic E-state index is 11.7. The lowest BCUT2D eigenvalue weighted by Crippen LogP contribution is -2.29. The molecule has 0 aliphatic carbocycles. The summed E-state index contributed by atoms with van der Waals surface area (Å²) in [5.41, 5.74) is 7.41. The van der Waals surface area contributed by atoms with Gasteiger partial charge in [0, 0.05) is 18.2 Å². The van der Waals surface area contributed by atoms with Gasteiger partial charge in [-0.05, 0) is 30.5 Å². The molecular formula is C13H20N2O. The molecule has 1 aromatic carbocycles. The first-order valence-corrected chi connectivity index (χ1v) is 5.79. The van der Waals surface area contributed by atoms with Crippen molar-refractivity contribution in [3.8, 4) is 0 Å². The quantitative estimate of drug-likeness (QED) is 0.748. The maximum absolute atomic E-state index is 11.7. The highest BCUT2D eigenvalue weighted by atomic mass is 16.1. The number of nitrogen functional groups attached to an aromatic ring is 1. The van der Waals surface area contributed by atoms with E-state index < -0.39 is 0 Å². The summed E-state index contributed by atoms with van der Waals surface area (Å²) in [6, 6.07) is 7.56. The fraction of sp³-hybridized carbons (Fsp3) is 0.462. The van der Waals surface area contributed by atoms with E-state index in [1.165, 1.54) is 0 Å². The van der Waals surface area contributed by atoms with Crippen LogP contribution in [-0.2, 0) is 11.3 Å². The van der Waals surface area contributed by atoms with Gasteiger partial charge in [0.05, 0.1) is 0 Å². The Morgan fingerprint density at radius 3 is 2.31 bits per heavy atom. The number of benzene rings is 1. The fourth-order valence-electron chi connectivity index (χ4n) is 1.63. The number of anilines is 1. The standard InChI is InChI=1S/C13H20N2O/c1-3-11(4-2)13(16)15-9-10-5-7-12(14)8-6-10/h5-8,11H,3-4,9,14H2,1-2H3,(H,15,16). The minimum Gasteiger partial charge on any atom is -0.399 e. The Morgan fingerprint density at radius 1 is 1.25 bits per heavy atom. The summed E-state index contributed by atoms with van der Waals surface area (Å²) in [7, 11) is 0. The van der Waals surface area contributed by atoms with E-state index in [2.05, 4.69) is 5.32 Å². The van der Waals surface area contributed by atoms with Crippen LogP contribution in [0.1, 0.15) is 32.3 Å². The topological polar surface area (TPSA) is 55.1 Å². The van der Waals surface area contributed by atoms with Crippen molar-refractivity contribution in [3.63, 3.8) is 0 Å². The average Bonchev–Trinajstić information content (AvgIpc) is 2.30. The Balaban J connectivity index is 2.45. The first kappa shape index (κ1) is 12.6. The molecule has 1 aromatic rings. The van der Waals surface area contributed by atoms with Gasteiger partial charge in [0.2, 0.25) is 5.91 Å². The Hall–Kier alpha value is -1.51. The minimum absolute atomic E-state index is 0.133. The zero-order valence-electron chi connectivity index (χ0n) is 9.99. The summed E-state index contributed by atoms with van der Waals surface area (Å²) in [5.74, 6) is 0.274. The largest absolute Gasteiger partial charge is 0.399 e. The summed E-state index contributed by atoms with van der Waals surface area (Å²) >= 11 is 0. The molecule has 0 radical (unpaired) electrons. The molecule has 0 unspecified atom stereocenters. The highest BCUT2D eigenvalue weighted by Gasteiger charge is 2.12. The van der Waals surface area contributed by atoms with Crippen LogP contribution in [0.15, 0.2) is 24.3 Å². The predicted molar refractivity (Wildman–Crippen MR) is 66.8 cm³/mol. The van der Waals surface area contributed by atoms with Crippen molar-refractivity contribution in [2.75, 3.05) is 5.73 Å². The zero-order chi connectivity index (χ0) is 12.0. The van der Waals surface area contributed by atoms with E-state index in [0.29, 0.717) is 6.54 Å². The second-order valence-corrected chi connectivity index (χ2v) is 3.97. The SMILES string of the molecule is CCC(CC)C(=O)NCc1ccc(N)cc1. The van der Waals surface area contributed by atoms with Crippen LogP contribution in [0.3, 0.4) is 0 Å². The smallest absolute Gasteiger partial charge is 0.223 e. The molecule has 1 rings (SSSR count). The third-order valence-electron chi connectivity index (χ3n) is 2.80. The number of nitrogens with two attached hydrogens (primary N) is 1. The van der Waals surface area contributed by atoms with E-state index in [9.17, 15) is 4.79 Å². The number of amides is 1. The van der Waals surface area contributed by atoms with E-state index in [1.54, 1.807) is 0 Å². The molecule has 1 amide bonds. The van der Waals surface area contributed by atoms with Crippen molar-refractivity contribution in [2.24, 2.45) is 5.92 Å². The molecule has 0 heterocycles. The summed E-state index contributed by atoms with van der Waals surface area (Å²) in [4.78, 5) is 11.7. The third-order valence-corrected chi connectivity index (χ3v) is 2.80. The van der Waals surface area contributed by atoms with Gasteiger partial charge in [0.25, 0.3) is 0 Å². The van der Waals surface area contributed by atoms with Crippen LogP contribution < -0.4 is 11.1 Å². The molecule has 0 aliphatic rings. The number of hydrogen-bond acceptors (Lipinski definition) is 2. The van der Waals surface area contributed by atoms with Crippen LogP contribution in [0.25, 0.3) is 0 Å². The Bertz CT molecular complexity index is 328. The lowest BCUT2D eigenvalue weighted by atomic mass is 10.0. The summed E-state index contributed by atoms with van der Waals surface area (Å²) in [5, 5.41) is 2.94. The molecule has 16 heavy (non-hydrogen) atoms. The van der Waals surface area contributed by atoms with E-state index >= 15 is 0 Å². The molecule has 0 atom stereocenters. The number of carbonyl (C=O) groups excluding carboxylic acids is 1. The van der Waals surface area contributed by atoms with E-state index in [1.807, 2.05) is 38.1 Å². The monoisotopic (exact) mass is 220 g/mol. The molecule has 3 nitrogen and oxygen atoms in total. The second kappa shape index (κ2) is 6.16. The van der Waals surface area contributed by atoms with Gasteiger partial charge < -0.3 is 11.1 Å². The number of hydrogen-bond donors (Lipinski definition) is 2. The second-order valence-electron chi connectivity index (χ2n) is 3.97. The number of nitrogens with one attached hydrogen (secondary N) is 1. The normalized spacial score (nSPS) is 10.4. The van der Waals surface area contributed by atoms with Gasteiger partial charge in [-0.25, -0.2) is 0 Å². The molecule has 3 heteroatoms. The highest BCUT2D eigenvalue weighted by molar-refractivity contribution is 5.78. The Morgan fingerprint density at radius 2 is 1.81 bits per heavy atom. The van der Waals surface area contributed by atoms with Crippen molar-refractivity contribution >= 4 is 11.6 Å². The van der Waals surface area contributed by atoms with Crippen molar-refractivity contribution in [2.45, 2.75) is 33.2 Å². The van der Waals surface area contributed by atoms with Crippen LogP contribution >= 0.6 is 0 Å². The average molecular weight is 220 g/mol. The van der Waals surface area contributed by atoms with E-state index in [-0.39, 0.29) is 11.8 Å². The Labute approximate surface area is 97.0 Å². The van der Waals surface area contributed by atoms with Gasteiger partial charge in [-0.2, -0.15) is 0 Å². The lowest BCUT2D eigenvalue weighted by molar-refractivity contribution is -0.125. The molecule has 88 valence electrons. The van der Waals surface area contributed by atoms with Crippen LogP contribution in [0.5, 0.6) is 0 Å². The van der Waals surface area contributed by atoms with Crippen LogP contribution in [0.4, 0.5) is 5.69 Å². The van der Waals surface area contributed by atoms with Gasteiger partial charge in [-0.1, -0.05) is 26.0 Å². The molecule has 0 aromatic heterocycles. The number of rotatable bonds is 5. The van der Waals surface area contributed by atoms with Crippen molar-refractivity contribution in [1.82, 2.24) is 5.32 Å². The van der Waals surface area contributed by atoms with E-state index in [0.717, 1.165) is 24.1 Å². The highest BCUT2D eigenvalue weighted by Crippen LogP contribution is 2.09. The predicted octanol–water partition coefficient (Wildman–Crippen LogP) is 2.32. The molecule has 0 spiro atoms. The molecule has 0 saturated carbocycles. The van der Waals surface area contributed by atoms with Gasteiger partial charge in [0.1, 0.15) is 0 Å². The van der Waals surface area contributed by atoms with Gasteiger partial charge >= 0.3 is 0 Å². The first-order chi connectivity index (χ1) is 7.67. The van der Waals surface area contributed by atoms with Gasteiger partial charge in [-0.15, -0.1) is 0 Å². The van der Waals surface area contributed by atoms with Crippen LogP contribution in [0.2, 0.25) is 0 Å². The minimum atomic E-state index is 0.133. The zero-order valence-corrected chi connectivity index (χ0v) is 9.99. The molecule has 3 N–H and O–H groups in total. The molecule has 0 saturated heterocycles. The van der Waals surface area contributed by atoms with Gasteiger partial charge in [-0.3, -0.25) is 4.79 Å². The summed E-state index contributed by atoms with van der Waals surface area (Å²) in [6.45, 7) is 4.66. The fourth-order valence-corrected chi connectivity index (χ4v) is 1.63. The summed E-state index contributed by atoms with van der Waals surface area (Å²) < 4.78 is 0. The molecular weight excluding hydrogens is 200 g/mol. The number of carbonyl (C=O) groups is 1. The maximum Gasteiger partial charge on any atom is 0.223 e. The van der Waals surface area contributed by atoms with Crippen molar-refractivity contribution in [3.05, 3.63) is 29.8 Å². The van der Waals surface area contributed by atoms with Crippen LogP contribution in [-0.4, -0.2) is 5.91 Å². The van der Waals surface area contributed by atoms with E-state index in [4.69, 9.17) is 5.73 Å². The third kappa shape index (κ3) is 3.57.